The lowest BCUT2D eigenvalue weighted by Crippen LogP contribution is -2.60. The molecule has 4 rings (SSSR count). The number of hydrogen-bond donors (Lipinski definition) is 9. The second-order valence-electron chi connectivity index (χ2n) is 12.0. The molecule has 2 heterocycles. The van der Waals surface area contributed by atoms with Gasteiger partial charge < -0.3 is 88.6 Å². The molecule has 18 heteroatoms. The van der Waals surface area contributed by atoms with E-state index in [-0.39, 0.29) is 54.1 Å². The molecule has 0 aromatic heterocycles. The van der Waals surface area contributed by atoms with Crippen LogP contribution in [0.15, 0.2) is 30.3 Å². The Morgan fingerprint density at radius 1 is 0.635 bits per heavy atom. The van der Waals surface area contributed by atoms with Crippen LogP contribution < -0.4 is 28.4 Å². The van der Waals surface area contributed by atoms with Crippen molar-refractivity contribution in [2.24, 2.45) is 0 Å². The summed E-state index contributed by atoms with van der Waals surface area (Å²) in [4.78, 5) is 0. The SMILES string of the molecule is COc1cc(/C=C/CO)cc(OC)c1O[C@@H](CO[C@@H]1O[C@H](CO)[C@@H](O)[C@H](O)[C@H]1O)Cc1cc(OC)c(O[C@@H]2O[C@H](CO)[C@@H](O)[C@H](O)[C@H]2O)c(OC)c1. The van der Waals surface area contributed by atoms with Gasteiger partial charge in [0.15, 0.2) is 29.3 Å². The van der Waals surface area contributed by atoms with Gasteiger partial charge in [0, 0.05) is 6.42 Å². The van der Waals surface area contributed by atoms with Crippen molar-refractivity contribution in [2.75, 3.05) is 54.9 Å². The minimum absolute atomic E-state index is 0.0307. The molecule has 2 aliphatic rings. The van der Waals surface area contributed by atoms with Crippen molar-refractivity contribution in [3.63, 3.8) is 0 Å². The predicted molar refractivity (Wildman–Crippen MR) is 177 cm³/mol. The lowest BCUT2D eigenvalue weighted by atomic mass is 9.99. The van der Waals surface area contributed by atoms with Crippen LogP contribution in [-0.4, -0.2) is 168 Å². The molecule has 0 saturated carbocycles. The number of benzene rings is 2. The molecule has 0 amide bonds. The van der Waals surface area contributed by atoms with Crippen LogP contribution in [0.4, 0.5) is 0 Å². The van der Waals surface area contributed by atoms with Crippen molar-refractivity contribution in [2.45, 2.75) is 73.9 Å². The van der Waals surface area contributed by atoms with Crippen LogP contribution in [0.2, 0.25) is 0 Å². The van der Waals surface area contributed by atoms with Crippen molar-refractivity contribution < 1.29 is 88.6 Å². The van der Waals surface area contributed by atoms with Crippen molar-refractivity contribution in [3.8, 4) is 34.5 Å². The van der Waals surface area contributed by atoms with Gasteiger partial charge in [-0.2, -0.15) is 0 Å². The molecule has 0 aliphatic carbocycles. The zero-order valence-electron chi connectivity index (χ0n) is 29.0. The highest BCUT2D eigenvalue weighted by Crippen LogP contribution is 2.43. The zero-order valence-corrected chi connectivity index (χ0v) is 29.0. The highest BCUT2D eigenvalue weighted by Gasteiger charge is 2.46. The first-order valence-corrected chi connectivity index (χ1v) is 16.3. The van der Waals surface area contributed by atoms with Crippen LogP contribution in [0, 0.1) is 0 Å². The van der Waals surface area contributed by atoms with Crippen LogP contribution >= 0.6 is 0 Å². The number of hydrogen-bond acceptors (Lipinski definition) is 18. The second kappa shape index (κ2) is 19.0. The van der Waals surface area contributed by atoms with E-state index in [9.17, 15) is 46.0 Å². The third-order valence-electron chi connectivity index (χ3n) is 8.54. The second-order valence-corrected chi connectivity index (χ2v) is 12.0. The number of rotatable bonds is 17. The van der Waals surface area contributed by atoms with E-state index in [2.05, 4.69) is 0 Å². The molecule has 2 aromatic rings. The first-order valence-electron chi connectivity index (χ1n) is 16.3. The molecular weight excluding hydrogens is 696 g/mol. The monoisotopic (exact) mass is 744 g/mol. The lowest BCUT2D eigenvalue weighted by Gasteiger charge is -2.40. The standard InChI is InChI=1S/C34H48O18/c1-44-19-9-16(6-5-7-35)10-20(45-2)31(19)49-18(15-48-33-29(42)27(40)25(38)23(13-36)50-33)8-17-11-21(46-3)32(22(12-17)47-4)52-34-30(43)28(41)26(39)24(14-37)51-34/h5-6,9-12,18,23-30,33-43H,7-8,13-15H2,1-4H3/b6-5+/t18-,23-,24-,25-,26-,27+,28+,29-,30-,33-,34+/m1/s1. The summed E-state index contributed by atoms with van der Waals surface area (Å²) in [6.45, 7) is -1.83. The van der Waals surface area contributed by atoms with Crippen LogP contribution in [-0.2, 0) is 20.6 Å². The molecule has 9 N–H and O–H groups in total. The first-order chi connectivity index (χ1) is 24.9. The Bertz CT molecular complexity index is 1400. The third-order valence-corrected chi connectivity index (χ3v) is 8.54. The van der Waals surface area contributed by atoms with Crippen molar-refractivity contribution in [1.82, 2.24) is 0 Å². The van der Waals surface area contributed by atoms with E-state index in [1.54, 1.807) is 30.3 Å². The maximum Gasteiger partial charge on any atom is 0.229 e. The normalized spacial score (nSPS) is 29.8. The van der Waals surface area contributed by atoms with Gasteiger partial charge in [-0.3, -0.25) is 0 Å². The number of methoxy groups -OCH3 is 4. The summed E-state index contributed by atoms with van der Waals surface area (Å²) in [5, 5.41) is 90.6. The highest BCUT2D eigenvalue weighted by molar-refractivity contribution is 5.62. The van der Waals surface area contributed by atoms with E-state index in [0.29, 0.717) is 11.1 Å². The average molecular weight is 745 g/mol. The van der Waals surface area contributed by atoms with E-state index < -0.39 is 80.7 Å². The predicted octanol–water partition coefficient (Wildman–Crippen LogP) is -2.29. The molecule has 2 fully saturated rings. The van der Waals surface area contributed by atoms with Gasteiger partial charge in [-0.25, -0.2) is 0 Å². The summed E-state index contributed by atoms with van der Waals surface area (Å²) >= 11 is 0. The quantitative estimate of drug-likeness (QED) is 0.0825. The molecule has 292 valence electrons. The zero-order chi connectivity index (χ0) is 38.1. The van der Waals surface area contributed by atoms with E-state index in [1.165, 1.54) is 34.5 Å². The largest absolute Gasteiger partial charge is 0.493 e. The highest BCUT2D eigenvalue weighted by atomic mass is 16.7. The van der Waals surface area contributed by atoms with Gasteiger partial charge in [0.1, 0.15) is 54.9 Å². The fourth-order valence-electron chi connectivity index (χ4n) is 5.72. The van der Waals surface area contributed by atoms with Gasteiger partial charge in [0.05, 0.1) is 54.9 Å². The maximum atomic E-state index is 10.6. The van der Waals surface area contributed by atoms with Gasteiger partial charge in [0.25, 0.3) is 0 Å². The fraction of sp³-hybridized carbons (Fsp3) is 0.588. The van der Waals surface area contributed by atoms with Crippen LogP contribution in [0.1, 0.15) is 11.1 Å². The summed E-state index contributed by atoms with van der Waals surface area (Å²) in [6, 6.07) is 6.42. The Morgan fingerprint density at radius 2 is 1.12 bits per heavy atom. The Hall–Kier alpha value is -3.50. The molecule has 0 spiro atoms. The third kappa shape index (κ3) is 9.34. The molecule has 18 nitrogen and oxygen atoms in total. The summed E-state index contributed by atoms with van der Waals surface area (Å²) in [7, 11) is 5.53. The lowest BCUT2D eigenvalue weighted by molar-refractivity contribution is -0.304. The van der Waals surface area contributed by atoms with E-state index in [4.69, 9.17) is 42.6 Å². The molecule has 2 aromatic carbocycles. The van der Waals surface area contributed by atoms with Gasteiger partial charge in [-0.1, -0.05) is 12.2 Å². The molecular formula is C34H48O18. The Morgan fingerprint density at radius 3 is 1.60 bits per heavy atom. The smallest absolute Gasteiger partial charge is 0.229 e. The summed E-state index contributed by atoms with van der Waals surface area (Å²) in [5.74, 6) is 0.824. The first kappa shape index (κ1) is 41.3. The van der Waals surface area contributed by atoms with E-state index in [0.717, 1.165) is 0 Å². The van der Waals surface area contributed by atoms with E-state index in [1.807, 2.05) is 0 Å². The fourth-order valence-corrected chi connectivity index (χ4v) is 5.72. The minimum Gasteiger partial charge on any atom is -0.493 e. The molecule has 0 radical (unpaired) electrons. The molecule has 2 aliphatic heterocycles. The maximum absolute atomic E-state index is 10.6. The molecule has 2 saturated heterocycles. The van der Waals surface area contributed by atoms with Crippen molar-refractivity contribution in [3.05, 3.63) is 41.5 Å². The van der Waals surface area contributed by atoms with Crippen molar-refractivity contribution in [1.29, 1.82) is 0 Å². The Balaban J connectivity index is 1.68. The molecule has 11 atom stereocenters. The minimum atomic E-state index is -1.71. The van der Waals surface area contributed by atoms with Gasteiger partial charge in [-0.05, 0) is 35.4 Å². The number of aliphatic hydroxyl groups excluding tert-OH is 9. The average Bonchev–Trinajstić information content (AvgIpc) is 3.16. The topological polar surface area (TPSA) is 265 Å². The van der Waals surface area contributed by atoms with Crippen LogP contribution in [0.3, 0.4) is 0 Å². The molecule has 0 bridgehead atoms. The number of aliphatic hydroxyl groups is 9. The van der Waals surface area contributed by atoms with Gasteiger partial charge in [0.2, 0.25) is 17.8 Å². The van der Waals surface area contributed by atoms with E-state index >= 15 is 0 Å². The number of ether oxygens (including phenoxy) is 9. The molecule has 0 unspecified atom stereocenters. The van der Waals surface area contributed by atoms with Gasteiger partial charge in [-0.15, -0.1) is 0 Å². The Labute approximate surface area is 299 Å². The summed E-state index contributed by atoms with van der Waals surface area (Å²) < 4.78 is 51.5. The van der Waals surface area contributed by atoms with Crippen LogP contribution in [0.5, 0.6) is 34.5 Å². The Kier molecular flexibility index (Phi) is 15.1. The van der Waals surface area contributed by atoms with Gasteiger partial charge >= 0.3 is 0 Å². The summed E-state index contributed by atoms with van der Waals surface area (Å²) in [5.41, 5.74) is 1.14. The van der Waals surface area contributed by atoms with Crippen LogP contribution in [0.25, 0.3) is 6.08 Å². The molecule has 52 heavy (non-hydrogen) atoms. The summed E-state index contributed by atoms with van der Waals surface area (Å²) in [6.07, 6.45) is -13.1. The van der Waals surface area contributed by atoms with Crippen molar-refractivity contribution >= 4 is 6.08 Å².